The van der Waals surface area contributed by atoms with E-state index in [-0.39, 0.29) is 29.5 Å². The van der Waals surface area contributed by atoms with Crippen LogP contribution >= 0.6 is 0 Å². The van der Waals surface area contributed by atoms with Crippen molar-refractivity contribution < 1.29 is 22.7 Å². The molecular weight excluding hydrogens is 392 g/mol. The number of ether oxygens (including phenoxy) is 2. The second-order valence-electron chi connectivity index (χ2n) is 7.22. The number of hydrogen-bond acceptors (Lipinski definition) is 5. The van der Waals surface area contributed by atoms with Crippen LogP contribution in [0.25, 0.3) is 0 Å². The fraction of sp³-hybridized carbons (Fsp3) is 0.381. The van der Waals surface area contributed by atoms with Crippen LogP contribution in [-0.4, -0.2) is 40.2 Å². The summed E-state index contributed by atoms with van der Waals surface area (Å²) in [5.41, 5.74) is 1.23. The van der Waals surface area contributed by atoms with Crippen molar-refractivity contribution in [3.8, 4) is 5.75 Å². The molecular formula is C21H24N2O5S. The standard InChI is InChI=1S/C21H24N2O5S/c24-21(23-19-10-12-28-20-9-2-1-8-18(19)20)15-5-3-7-17(13-15)29(25,26)22-14-16-6-4-11-27-16/h1-3,5,7-9,13,16,19,22H,4,6,10-12,14H2,(H,23,24)/t16-,19+/m1/s1. The third-order valence-electron chi connectivity index (χ3n) is 5.20. The second kappa shape index (κ2) is 8.52. The molecule has 2 aromatic carbocycles. The molecule has 1 saturated heterocycles. The van der Waals surface area contributed by atoms with Crippen molar-refractivity contribution in [2.45, 2.75) is 36.3 Å². The highest BCUT2D eigenvalue weighted by atomic mass is 32.2. The highest BCUT2D eigenvalue weighted by molar-refractivity contribution is 7.89. The molecule has 1 fully saturated rings. The highest BCUT2D eigenvalue weighted by Crippen LogP contribution is 2.31. The number of hydrogen-bond donors (Lipinski definition) is 2. The number of nitrogens with one attached hydrogen (secondary N) is 2. The summed E-state index contributed by atoms with van der Waals surface area (Å²) < 4.78 is 38.9. The Balaban J connectivity index is 1.46. The Kier molecular flexibility index (Phi) is 5.84. The molecule has 2 aliphatic heterocycles. The quantitative estimate of drug-likeness (QED) is 0.754. The summed E-state index contributed by atoms with van der Waals surface area (Å²) in [6, 6.07) is 13.5. The number of carbonyl (C=O) groups is 1. The fourth-order valence-electron chi connectivity index (χ4n) is 3.63. The first-order valence-corrected chi connectivity index (χ1v) is 11.3. The van der Waals surface area contributed by atoms with Gasteiger partial charge in [-0.25, -0.2) is 13.1 Å². The zero-order valence-corrected chi connectivity index (χ0v) is 16.8. The van der Waals surface area contributed by atoms with Crippen LogP contribution in [0.5, 0.6) is 5.75 Å². The SMILES string of the molecule is O=C(N[C@H]1CCOc2ccccc21)c1cccc(S(=O)(=O)NC[C@H]2CCCO2)c1. The first kappa shape index (κ1) is 19.9. The predicted octanol–water partition coefficient (Wildman–Crippen LogP) is 2.40. The number of para-hydroxylation sites is 1. The van der Waals surface area contributed by atoms with Crippen LogP contribution in [-0.2, 0) is 14.8 Å². The molecule has 7 nitrogen and oxygen atoms in total. The summed E-state index contributed by atoms with van der Waals surface area (Å²) in [7, 11) is -3.72. The van der Waals surface area contributed by atoms with E-state index in [1.807, 2.05) is 24.3 Å². The Morgan fingerprint density at radius 1 is 1.07 bits per heavy atom. The molecule has 0 unspecified atom stereocenters. The number of fused-ring (bicyclic) bond motifs is 1. The molecule has 0 bridgehead atoms. The number of rotatable bonds is 6. The summed E-state index contributed by atoms with van der Waals surface area (Å²) in [6.07, 6.45) is 2.35. The maximum atomic E-state index is 12.8. The van der Waals surface area contributed by atoms with E-state index in [0.717, 1.165) is 24.2 Å². The van der Waals surface area contributed by atoms with Crippen LogP contribution in [0.2, 0.25) is 0 Å². The molecule has 0 radical (unpaired) electrons. The van der Waals surface area contributed by atoms with Crippen LogP contribution in [0.1, 0.15) is 41.2 Å². The van der Waals surface area contributed by atoms with Gasteiger partial charge in [-0.2, -0.15) is 0 Å². The molecule has 0 saturated carbocycles. The minimum atomic E-state index is -3.72. The minimum absolute atomic E-state index is 0.0653. The van der Waals surface area contributed by atoms with E-state index in [1.54, 1.807) is 12.1 Å². The van der Waals surface area contributed by atoms with Gasteiger partial charge in [0.05, 0.1) is 23.6 Å². The van der Waals surface area contributed by atoms with E-state index < -0.39 is 10.0 Å². The van der Waals surface area contributed by atoms with Gasteiger partial charge < -0.3 is 14.8 Å². The Bertz CT molecular complexity index is 986. The predicted molar refractivity (Wildman–Crippen MR) is 107 cm³/mol. The summed E-state index contributed by atoms with van der Waals surface area (Å²) in [6.45, 7) is 1.42. The summed E-state index contributed by atoms with van der Waals surface area (Å²) in [5, 5.41) is 2.99. The van der Waals surface area contributed by atoms with Gasteiger partial charge in [0.15, 0.2) is 0 Å². The van der Waals surface area contributed by atoms with Crippen LogP contribution in [0, 0.1) is 0 Å². The highest BCUT2D eigenvalue weighted by Gasteiger charge is 2.24. The first-order valence-electron chi connectivity index (χ1n) is 9.77. The lowest BCUT2D eigenvalue weighted by Crippen LogP contribution is -2.33. The van der Waals surface area contributed by atoms with E-state index in [0.29, 0.717) is 25.2 Å². The maximum Gasteiger partial charge on any atom is 0.251 e. The molecule has 0 aromatic heterocycles. The molecule has 1 amide bonds. The molecule has 2 aliphatic rings. The normalized spacial score (nSPS) is 21.2. The zero-order valence-electron chi connectivity index (χ0n) is 16.0. The number of amides is 1. The lowest BCUT2D eigenvalue weighted by atomic mass is 10.00. The van der Waals surface area contributed by atoms with E-state index in [2.05, 4.69) is 10.0 Å². The summed E-state index contributed by atoms with van der Waals surface area (Å²) in [4.78, 5) is 12.8. The number of benzene rings is 2. The molecule has 29 heavy (non-hydrogen) atoms. The van der Waals surface area contributed by atoms with Crippen LogP contribution < -0.4 is 14.8 Å². The first-order chi connectivity index (χ1) is 14.0. The molecule has 0 spiro atoms. The summed E-state index contributed by atoms with van der Waals surface area (Å²) in [5.74, 6) is 0.446. The monoisotopic (exact) mass is 416 g/mol. The number of sulfonamides is 1. The number of carbonyl (C=O) groups excluding carboxylic acids is 1. The summed E-state index contributed by atoms with van der Waals surface area (Å²) >= 11 is 0. The van der Waals surface area contributed by atoms with Crippen molar-refractivity contribution in [3.05, 3.63) is 59.7 Å². The Morgan fingerprint density at radius 2 is 1.93 bits per heavy atom. The van der Waals surface area contributed by atoms with E-state index >= 15 is 0 Å². The van der Waals surface area contributed by atoms with Gasteiger partial charge in [-0.3, -0.25) is 4.79 Å². The van der Waals surface area contributed by atoms with E-state index in [1.165, 1.54) is 12.1 Å². The van der Waals surface area contributed by atoms with Crippen molar-refractivity contribution in [1.29, 1.82) is 0 Å². The van der Waals surface area contributed by atoms with Crippen molar-refractivity contribution in [2.75, 3.05) is 19.8 Å². The molecule has 2 N–H and O–H groups in total. The van der Waals surface area contributed by atoms with Crippen molar-refractivity contribution in [2.24, 2.45) is 0 Å². The molecule has 8 heteroatoms. The third-order valence-corrected chi connectivity index (χ3v) is 6.62. The van der Waals surface area contributed by atoms with E-state index in [9.17, 15) is 13.2 Å². The fourth-order valence-corrected chi connectivity index (χ4v) is 4.74. The van der Waals surface area contributed by atoms with Gasteiger partial charge in [0, 0.05) is 30.7 Å². The molecule has 2 atom stereocenters. The van der Waals surface area contributed by atoms with Gasteiger partial charge in [-0.1, -0.05) is 24.3 Å². The molecule has 2 heterocycles. The molecule has 4 rings (SSSR count). The molecule has 0 aliphatic carbocycles. The second-order valence-corrected chi connectivity index (χ2v) is 8.98. The van der Waals surface area contributed by atoms with Gasteiger partial charge in [-0.15, -0.1) is 0 Å². The topological polar surface area (TPSA) is 93.7 Å². The maximum absolute atomic E-state index is 12.8. The largest absolute Gasteiger partial charge is 0.493 e. The van der Waals surface area contributed by atoms with Crippen LogP contribution in [0.4, 0.5) is 0 Å². The van der Waals surface area contributed by atoms with Crippen LogP contribution in [0.3, 0.4) is 0 Å². The van der Waals surface area contributed by atoms with Gasteiger partial charge >= 0.3 is 0 Å². The Labute approximate surface area is 170 Å². The lowest BCUT2D eigenvalue weighted by Gasteiger charge is -2.26. The van der Waals surface area contributed by atoms with Gasteiger partial charge in [0.1, 0.15) is 5.75 Å². The average Bonchev–Trinajstić information content (AvgIpc) is 3.26. The smallest absolute Gasteiger partial charge is 0.251 e. The van der Waals surface area contributed by atoms with E-state index in [4.69, 9.17) is 9.47 Å². The molecule has 2 aromatic rings. The van der Waals surface area contributed by atoms with Gasteiger partial charge in [0.25, 0.3) is 5.91 Å². The molecule has 154 valence electrons. The zero-order chi connectivity index (χ0) is 20.3. The Hall–Kier alpha value is -2.42. The minimum Gasteiger partial charge on any atom is -0.493 e. The van der Waals surface area contributed by atoms with Crippen molar-refractivity contribution >= 4 is 15.9 Å². The van der Waals surface area contributed by atoms with Gasteiger partial charge in [0.2, 0.25) is 10.0 Å². The Morgan fingerprint density at radius 3 is 2.76 bits per heavy atom. The third kappa shape index (κ3) is 4.60. The average molecular weight is 416 g/mol. The van der Waals surface area contributed by atoms with Crippen molar-refractivity contribution in [1.82, 2.24) is 10.0 Å². The van der Waals surface area contributed by atoms with Gasteiger partial charge in [-0.05, 0) is 37.1 Å². The van der Waals surface area contributed by atoms with Crippen LogP contribution in [0.15, 0.2) is 53.4 Å². The van der Waals surface area contributed by atoms with Crippen molar-refractivity contribution in [3.63, 3.8) is 0 Å². The lowest BCUT2D eigenvalue weighted by molar-refractivity contribution is 0.0924.